The molecule has 0 bridgehead atoms. The maximum absolute atomic E-state index is 10.3. The van der Waals surface area contributed by atoms with Crippen molar-refractivity contribution in [1.82, 2.24) is 9.80 Å². The van der Waals surface area contributed by atoms with Gasteiger partial charge in [-0.1, -0.05) is 32.4 Å². The van der Waals surface area contributed by atoms with Crippen LogP contribution in [-0.2, 0) is 0 Å². The topological polar surface area (TPSA) is 26.7 Å². The lowest BCUT2D eigenvalue weighted by Crippen LogP contribution is -2.51. The van der Waals surface area contributed by atoms with Gasteiger partial charge < -0.3 is 14.9 Å². The summed E-state index contributed by atoms with van der Waals surface area (Å²) in [6.07, 6.45) is 15.5. The van der Waals surface area contributed by atoms with Gasteiger partial charge in [-0.15, -0.1) is 0 Å². The summed E-state index contributed by atoms with van der Waals surface area (Å²) in [4.78, 5) is 5.22. The van der Waals surface area contributed by atoms with Gasteiger partial charge >= 0.3 is 0 Å². The van der Waals surface area contributed by atoms with Crippen molar-refractivity contribution in [1.29, 1.82) is 0 Å². The molecule has 32 heavy (non-hydrogen) atoms. The van der Waals surface area contributed by atoms with Crippen LogP contribution in [0.15, 0.2) is 11.6 Å². The van der Waals surface area contributed by atoms with Crippen molar-refractivity contribution in [2.24, 2.45) is 40.4 Å². The minimum absolute atomic E-state index is 0.0840. The molecule has 3 saturated carbocycles. The van der Waals surface area contributed by atoms with Gasteiger partial charge in [-0.25, -0.2) is 0 Å². The fourth-order valence-electron chi connectivity index (χ4n) is 9.77. The van der Waals surface area contributed by atoms with Crippen LogP contribution in [-0.4, -0.2) is 60.8 Å². The number of likely N-dealkylation sites (tertiary alicyclic amines) is 1. The minimum atomic E-state index is -0.0840. The standard InChI is InChI=1S/C29H50N2O/c1-20(19-31-16-12-22(13-17-31)30(4)5)25-8-9-26-24-7-6-21-18-23(32)10-14-28(21,2)27(24)11-15-29(25,26)3/h6,20,22-27,32H,7-19H2,1-5H3/t20-,23+,24+,25-,26+,27+,28+,29-/m1/s1. The molecule has 5 aliphatic rings. The molecule has 1 N–H and O–H groups in total. The molecule has 4 fully saturated rings. The van der Waals surface area contributed by atoms with Gasteiger partial charge in [-0.05, 0) is 132 Å². The average Bonchev–Trinajstić information content (AvgIpc) is 3.12. The zero-order valence-electron chi connectivity index (χ0n) is 21.7. The lowest BCUT2D eigenvalue weighted by atomic mass is 9.47. The molecule has 1 heterocycles. The Bertz CT molecular complexity index is 710. The number of allylic oxidation sites excluding steroid dienone is 1. The lowest BCUT2D eigenvalue weighted by Gasteiger charge is -2.58. The third-order valence-corrected chi connectivity index (χ3v) is 11.7. The van der Waals surface area contributed by atoms with Crippen LogP contribution < -0.4 is 0 Å². The summed E-state index contributed by atoms with van der Waals surface area (Å²) in [5.41, 5.74) is 2.55. The highest BCUT2D eigenvalue weighted by Gasteiger charge is 2.59. The van der Waals surface area contributed by atoms with Crippen LogP contribution in [0.2, 0.25) is 0 Å². The van der Waals surface area contributed by atoms with Crippen LogP contribution in [0.4, 0.5) is 0 Å². The molecule has 1 saturated heterocycles. The van der Waals surface area contributed by atoms with Crippen LogP contribution in [0.25, 0.3) is 0 Å². The van der Waals surface area contributed by atoms with E-state index in [4.69, 9.17) is 0 Å². The number of aliphatic hydroxyl groups excluding tert-OH is 1. The second kappa shape index (κ2) is 8.68. The van der Waals surface area contributed by atoms with E-state index >= 15 is 0 Å². The summed E-state index contributed by atoms with van der Waals surface area (Å²) in [7, 11) is 4.50. The largest absolute Gasteiger partial charge is 0.393 e. The number of aliphatic hydroxyl groups is 1. The zero-order valence-corrected chi connectivity index (χ0v) is 21.7. The number of rotatable bonds is 4. The smallest absolute Gasteiger partial charge is 0.0577 e. The molecule has 0 aromatic rings. The van der Waals surface area contributed by atoms with Gasteiger partial charge in [0.2, 0.25) is 0 Å². The van der Waals surface area contributed by atoms with Crippen molar-refractivity contribution in [3.63, 3.8) is 0 Å². The first-order valence-corrected chi connectivity index (χ1v) is 14.0. The molecule has 3 heteroatoms. The summed E-state index contributed by atoms with van der Waals surface area (Å²) in [5, 5.41) is 10.3. The van der Waals surface area contributed by atoms with E-state index in [1.54, 1.807) is 5.57 Å². The van der Waals surface area contributed by atoms with Gasteiger partial charge in [0.25, 0.3) is 0 Å². The first-order chi connectivity index (χ1) is 15.2. The Kier molecular flexibility index (Phi) is 6.34. The quantitative estimate of drug-likeness (QED) is 0.575. The first-order valence-electron chi connectivity index (χ1n) is 14.0. The van der Waals surface area contributed by atoms with E-state index in [0.29, 0.717) is 10.8 Å². The van der Waals surface area contributed by atoms with E-state index in [9.17, 15) is 5.11 Å². The van der Waals surface area contributed by atoms with Gasteiger partial charge in [0.1, 0.15) is 0 Å². The maximum atomic E-state index is 10.3. The summed E-state index contributed by atoms with van der Waals surface area (Å²) < 4.78 is 0. The molecule has 0 unspecified atom stereocenters. The van der Waals surface area contributed by atoms with E-state index in [0.717, 1.165) is 48.5 Å². The monoisotopic (exact) mass is 442 g/mol. The Balaban J connectivity index is 1.26. The van der Waals surface area contributed by atoms with Crippen molar-refractivity contribution in [3.8, 4) is 0 Å². The third kappa shape index (κ3) is 3.83. The maximum Gasteiger partial charge on any atom is 0.0577 e. The Morgan fingerprint density at radius 2 is 1.78 bits per heavy atom. The number of nitrogens with zero attached hydrogens (tertiary/aromatic N) is 2. The Labute approximate surface area is 198 Å². The summed E-state index contributed by atoms with van der Waals surface area (Å²) in [6, 6.07) is 0.789. The molecule has 1 aliphatic heterocycles. The predicted octanol–water partition coefficient (Wildman–Crippen LogP) is 5.59. The van der Waals surface area contributed by atoms with Crippen LogP contribution in [0.5, 0.6) is 0 Å². The number of hydrogen-bond donors (Lipinski definition) is 1. The summed E-state index contributed by atoms with van der Waals surface area (Å²) >= 11 is 0. The van der Waals surface area contributed by atoms with Gasteiger partial charge in [-0.3, -0.25) is 0 Å². The molecule has 182 valence electrons. The summed E-state index contributed by atoms with van der Waals surface area (Å²) in [6.45, 7) is 11.8. The van der Waals surface area contributed by atoms with E-state index in [2.05, 4.69) is 50.7 Å². The van der Waals surface area contributed by atoms with Crippen molar-refractivity contribution < 1.29 is 5.11 Å². The van der Waals surface area contributed by atoms with E-state index in [1.165, 1.54) is 71.0 Å². The van der Waals surface area contributed by atoms with Crippen molar-refractivity contribution in [2.75, 3.05) is 33.7 Å². The fraction of sp³-hybridized carbons (Fsp3) is 0.931. The average molecular weight is 443 g/mol. The van der Waals surface area contributed by atoms with Crippen molar-refractivity contribution >= 4 is 0 Å². The zero-order chi connectivity index (χ0) is 22.7. The first kappa shape index (κ1) is 23.4. The van der Waals surface area contributed by atoms with Crippen LogP contribution >= 0.6 is 0 Å². The molecule has 0 aromatic carbocycles. The van der Waals surface area contributed by atoms with Crippen LogP contribution in [0.3, 0.4) is 0 Å². The molecule has 3 nitrogen and oxygen atoms in total. The van der Waals surface area contributed by atoms with E-state index < -0.39 is 0 Å². The molecule has 8 atom stereocenters. The molecule has 0 amide bonds. The molecular formula is C29H50N2O. The lowest BCUT2D eigenvalue weighted by molar-refractivity contribution is -0.0590. The van der Waals surface area contributed by atoms with Gasteiger partial charge in [0.05, 0.1) is 6.10 Å². The molecule has 0 spiro atoms. The fourth-order valence-corrected chi connectivity index (χ4v) is 9.77. The van der Waals surface area contributed by atoms with Crippen molar-refractivity contribution in [2.45, 2.75) is 97.1 Å². The predicted molar refractivity (Wildman–Crippen MR) is 134 cm³/mol. The normalized spacial score (nSPS) is 46.3. The Morgan fingerprint density at radius 1 is 1.03 bits per heavy atom. The molecular weight excluding hydrogens is 392 g/mol. The van der Waals surface area contributed by atoms with Crippen molar-refractivity contribution in [3.05, 3.63) is 11.6 Å². The highest BCUT2D eigenvalue weighted by Crippen LogP contribution is 2.67. The highest BCUT2D eigenvalue weighted by atomic mass is 16.3. The number of piperidine rings is 1. The Hall–Kier alpha value is -0.380. The van der Waals surface area contributed by atoms with Gasteiger partial charge in [0, 0.05) is 12.6 Å². The van der Waals surface area contributed by atoms with Crippen LogP contribution in [0.1, 0.15) is 85.0 Å². The van der Waals surface area contributed by atoms with Crippen LogP contribution in [0, 0.1) is 40.4 Å². The highest BCUT2D eigenvalue weighted by molar-refractivity contribution is 5.25. The third-order valence-electron chi connectivity index (χ3n) is 11.7. The molecule has 5 rings (SSSR count). The summed E-state index contributed by atoms with van der Waals surface area (Å²) in [5.74, 6) is 4.42. The second-order valence-electron chi connectivity index (χ2n) is 13.4. The van der Waals surface area contributed by atoms with E-state index in [-0.39, 0.29) is 6.10 Å². The molecule has 0 radical (unpaired) electrons. The number of fused-ring (bicyclic) bond motifs is 5. The Morgan fingerprint density at radius 3 is 2.50 bits per heavy atom. The second-order valence-corrected chi connectivity index (χ2v) is 13.4. The number of hydrogen-bond acceptors (Lipinski definition) is 3. The SMILES string of the molecule is C[C@H](CN1CCC(N(C)C)CC1)[C@H]1CC[C@H]2[C@@H]3CC=C4C[C@@H](O)CC[C@]4(C)[C@H]3CC[C@]12C. The van der Waals surface area contributed by atoms with E-state index in [1.807, 2.05) is 0 Å². The van der Waals surface area contributed by atoms with Gasteiger partial charge in [-0.2, -0.15) is 0 Å². The van der Waals surface area contributed by atoms with Gasteiger partial charge in [0.15, 0.2) is 0 Å². The molecule has 0 aromatic heterocycles. The molecule has 4 aliphatic carbocycles. The minimum Gasteiger partial charge on any atom is -0.393 e.